The molecule has 2 atom stereocenters. The van der Waals surface area contributed by atoms with Gasteiger partial charge in [0.1, 0.15) is 16.8 Å². The summed E-state index contributed by atoms with van der Waals surface area (Å²) < 4.78 is 31.1. The number of amides is 1. The van der Waals surface area contributed by atoms with Crippen LogP contribution in [-0.2, 0) is 21.3 Å². The average Bonchev–Trinajstić information content (AvgIpc) is 2.56. The third-order valence-corrected chi connectivity index (χ3v) is 4.98. The van der Waals surface area contributed by atoms with Crippen molar-refractivity contribution < 1.29 is 18.1 Å². The van der Waals surface area contributed by atoms with E-state index in [-0.39, 0.29) is 5.75 Å². The van der Waals surface area contributed by atoms with Gasteiger partial charge in [0.2, 0.25) is 5.91 Å². The zero-order valence-electron chi connectivity index (χ0n) is 12.9. The number of nitrogens with one attached hydrogen (secondary N) is 1. The van der Waals surface area contributed by atoms with Crippen LogP contribution in [-0.4, -0.2) is 22.5 Å². The van der Waals surface area contributed by atoms with Crippen molar-refractivity contribution >= 4 is 22.4 Å². The topological polar surface area (TPSA) is 55.4 Å². The summed E-state index contributed by atoms with van der Waals surface area (Å²) >= 11 is 0. The zero-order chi connectivity index (χ0) is 16.8. The molecular formula is C17H18FNO3S. The largest absolute Gasteiger partial charge is 0.495 e. The van der Waals surface area contributed by atoms with E-state index in [1.54, 1.807) is 49.4 Å². The van der Waals surface area contributed by atoms with Crippen molar-refractivity contribution in [1.29, 1.82) is 0 Å². The molecule has 2 rings (SSSR count). The first kappa shape index (κ1) is 17.1. The second-order valence-electron chi connectivity index (χ2n) is 4.95. The summed E-state index contributed by atoms with van der Waals surface area (Å²) in [6.45, 7) is 1.56. The minimum atomic E-state index is -1.53. The highest BCUT2D eigenvalue weighted by Crippen LogP contribution is 2.23. The highest BCUT2D eigenvalue weighted by atomic mass is 32.2. The molecule has 2 aromatic rings. The Morgan fingerprint density at radius 3 is 2.57 bits per heavy atom. The number of carbonyl (C=O) groups is 1. The molecule has 0 radical (unpaired) electrons. The lowest BCUT2D eigenvalue weighted by Gasteiger charge is -2.14. The first-order chi connectivity index (χ1) is 11.0. The molecule has 122 valence electrons. The molecular weight excluding hydrogens is 317 g/mol. The van der Waals surface area contributed by atoms with E-state index in [9.17, 15) is 13.4 Å². The summed E-state index contributed by atoms with van der Waals surface area (Å²) in [6.07, 6.45) is 0. The van der Waals surface area contributed by atoms with Gasteiger partial charge in [-0.2, -0.15) is 0 Å². The molecule has 0 heterocycles. The van der Waals surface area contributed by atoms with Crippen LogP contribution in [0.15, 0.2) is 48.5 Å². The number of halogens is 1. The molecule has 0 bridgehead atoms. The molecule has 4 nitrogen and oxygen atoms in total. The third kappa shape index (κ3) is 4.39. The molecule has 0 saturated heterocycles. The molecule has 0 spiro atoms. The fourth-order valence-electron chi connectivity index (χ4n) is 2.00. The molecule has 2 aromatic carbocycles. The van der Waals surface area contributed by atoms with E-state index in [0.717, 1.165) is 0 Å². The Morgan fingerprint density at radius 2 is 1.87 bits per heavy atom. The number of ether oxygens (including phenoxy) is 1. The molecule has 0 aliphatic rings. The second-order valence-corrected chi connectivity index (χ2v) is 6.71. The van der Waals surface area contributed by atoms with E-state index < -0.39 is 27.8 Å². The second kappa shape index (κ2) is 7.87. The van der Waals surface area contributed by atoms with E-state index >= 15 is 0 Å². The van der Waals surface area contributed by atoms with Crippen LogP contribution in [0.25, 0.3) is 0 Å². The Hall–Kier alpha value is -2.21. The molecule has 23 heavy (non-hydrogen) atoms. The van der Waals surface area contributed by atoms with E-state index in [4.69, 9.17) is 4.74 Å². The Morgan fingerprint density at radius 1 is 1.22 bits per heavy atom. The van der Waals surface area contributed by atoms with Crippen molar-refractivity contribution in [2.75, 3.05) is 12.4 Å². The van der Waals surface area contributed by atoms with Gasteiger partial charge in [0, 0.05) is 16.4 Å². The third-order valence-electron chi connectivity index (χ3n) is 3.38. The van der Waals surface area contributed by atoms with E-state index in [1.807, 2.05) is 0 Å². The van der Waals surface area contributed by atoms with Gasteiger partial charge >= 0.3 is 0 Å². The van der Waals surface area contributed by atoms with Gasteiger partial charge in [0.25, 0.3) is 0 Å². The van der Waals surface area contributed by atoms with Crippen LogP contribution in [0.1, 0.15) is 12.5 Å². The fraction of sp³-hybridized carbons (Fsp3) is 0.235. The quantitative estimate of drug-likeness (QED) is 0.882. The van der Waals surface area contributed by atoms with Crippen LogP contribution >= 0.6 is 0 Å². The number of hydrogen-bond donors (Lipinski definition) is 1. The number of methoxy groups -OCH3 is 1. The van der Waals surface area contributed by atoms with Crippen molar-refractivity contribution in [2.45, 2.75) is 17.9 Å². The highest BCUT2D eigenvalue weighted by Gasteiger charge is 2.22. The first-order valence-corrected chi connectivity index (χ1v) is 8.45. The maximum atomic E-state index is 13.6. The normalized spacial score (nSPS) is 13.2. The fourth-order valence-corrected chi connectivity index (χ4v) is 3.08. The maximum Gasteiger partial charge on any atom is 0.239 e. The SMILES string of the molecule is COc1ccccc1NC(=O)[C@H](C)[S@](=O)Cc1ccccc1F. The lowest BCUT2D eigenvalue weighted by atomic mass is 10.2. The number of rotatable bonds is 6. The Kier molecular flexibility index (Phi) is 5.87. The van der Waals surface area contributed by atoms with Gasteiger partial charge in [0.05, 0.1) is 18.6 Å². The lowest BCUT2D eigenvalue weighted by molar-refractivity contribution is -0.115. The summed E-state index contributed by atoms with van der Waals surface area (Å²) in [5.41, 5.74) is 0.845. The molecule has 0 aliphatic heterocycles. The van der Waals surface area contributed by atoms with Crippen molar-refractivity contribution in [3.8, 4) is 5.75 Å². The van der Waals surface area contributed by atoms with Crippen LogP contribution in [0.3, 0.4) is 0 Å². The molecule has 1 N–H and O–H groups in total. The van der Waals surface area contributed by atoms with E-state index in [2.05, 4.69) is 5.32 Å². The molecule has 1 amide bonds. The summed E-state index contributed by atoms with van der Waals surface area (Å²) in [4.78, 5) is 12.2. The lowest BCUT2D eigenvalue weighted by Crippen LogP contribution is -2.30. The predicted octanol–water partition coefficient (Wildman–Crippen LogP) is 3.11. The van der Waals surface area contributed by atoms with E-state index in [1.165, 1.54) is 13.2 Å². The van der Waals surface area contributed by atoms with Crippen LogP contribution in [0.2, 0.25) is 0 Å². The summed E-state index contributed by atoms with van der Waals surface area (Å²) in [7, 11) is -0.0265. The van der Waals surface area contributed by atoms with Crippen molar-refractivity contribution in [1.82, 2.24) is 0 Å². The molecule has 0 saturated carbocycles. The van der Waals surface area contributed by atoms with E-state index in [0.29, 0.717) is 17.0 Å². The van der Waals surface area contributed by atoms with Crippen LogP contribution in [0.4, 0.5) is 10.1 Å². The number of para-hydroxylation sites is 2. The van der Waals surface area contributed by atoms with Gasteiger partial charge in [-0.15, -0.1) is 0 Å². The Labute approximate surface area is 137 Å². The summed E-state index contributed by atoms with van der Waals surface area (Å²) in [5.74, 6) is -0.303. The van der Waals surface area contributed by atoms with Crippen LogP contribution in [0.5, 0.6) is 5.75 Å². The zero-order valence-corrected chi connectivity index (χ0v) is 13.7. The van der Waals surface area contributed by atoms with Crippen molar-refractivity contribution in [2.24, 2.45) is 0 Å². The number of hydrogen-bond acceptors (Lipinski definition) is 3. The standard InChI is InChI=1S/C17H18FNO3S/c1-12(23(21)11-13-7-3-4-8-14(13)18)17(20)19-15-9-5-6-10-16(15)22-2/h3-10,12H,11H2,1-2H3,(H,19,20)/t12-,23+/m0/s1. The highest BCUT2D eigenvalue weighted by molar-refractivity contribution is 7.85. The van der Waals surface area contributed by atoms with Gasteiger partial charge in [-0.05, 0) is 25.1 Å². The number of carbonyl (C=O) groups excluding carboxylic acids is 1. The molecule has 0 fully saturated rings. The number of anilines is 1. The summed E-state index contributed by atoms with van der Waals surface area (Å²) in [5, 5.41) is 1.91. The maximum absolute atomic E-state index is 13.6. The minimum absolute atomic E-state index is 0.00676. The van der Waals surface area contributed by atoms with Crippen molar-refractivity contribution in [3.05, 3.63) is 59.9 Å². The van der Waals surface area contributed by atoms with Gasteiger partial charge in [-0.1, -0.05) is 30.3 Å². The monoisotopic (exact) mass is 335 g/mol. The molecule has 6 heteroatoms. The first-order valence-electron chi connectivity index (χ1n) is 7.07. The summed E-state index contributed by atoms with van der Waals surface area (Å²) in [6, 6.07) is 13.1. The molecule has 0 aromatic heterocycles. The smallest absolute Gasteiger partial charge is 0.239 e. The predicted molar refractivity (Wildman–Crippen MR) is 89.3 cm³/mol. The minimum Gasteiger partial charge on any atom is -0.495 e. The van der Waals surface area contributed by atoms with Crippen LogP contribution < -0.4 is 10.1 Å². The Balaban J connectivity index is 2.04. The van der Waals surface area contributed by atoms with Gasteiger partial charge in [0.15, 0.2) is 0 Å². The number of benzene rings is 2. The molecule has 0 aliphatic carbocycles. The van der Waals surface area contributed by atoms with Gasteiger partial charge < -0.3 is 10.1 Å². The van der Waals surface area contributed by atoms with Crippen molar-refractivity contribution in [3.63, 3.8) is 0 Å². The van der Waals surface area contributed by atoms with Crippen LogP contribution in [0, 0.1) is 5.82 Å². The average molecular weight is 335 g/mol. The Bertz CT molecular complexity index is 720. The van der Waals surface area contributed by atoms with Gasteiger partial charge in [-0.25, -0.2) is 4.39 Å². The molecule has 0 unspecified atom stereocenters. The van der Waals surface area contributed by atoms with Gasteiger partial charge in [-0.3, -0.25) is 9.00 Å².